The molecule has 5 atom stereocenters. The Morgan fingerprint density at radius 3 is 0.935 bits per heavy atom. The maximum absolute atomic E-state index is 11.7. The highest BCUT2D eigenvalue weighted by Gasteiger charge is 2.17. The zero-order valence-corrected chi connectivity index (χ0v) is 77.5. The Kier molecular flexibility index (Phi) is 96.6. The van der Waals surface area contributed by atoms with Crippen LogP contribution in [0, 0.1) is 11.8 Å². The lowest BCUT2D eigenvalue weighted by Gasteiger charge is -2.12. The number of halogens is 2. The number of ketones is 1. The number of hydrogen-bond donors (Lipinski definition) is 2. The summed E-state index contributed by atoms with van der Waals surface area (Å²) in [5.41, 5.74) is 5.55. The Balaban J connectivity index is -0.000000148. The maximum atomic E-state index is 11.7. The fourth-order valence-electron chi connectivity index (χ4n) is 6.70. The Hall–Kier alpha value is -3.14. The van der Waals surface area contributed by atoms with Gasteiger partial charge in [-0.2, -0.15) is 0 Å². The van der Waals surface area contributed by atoms with E-state index in [0.29, 0.717) is 80.2 Å². The lowest BCUT2D eigenvalue weighted by molar-refractivity contribution is -0.154. The summed E-state index contributed by atoms with van der Waals surface area (Å²) >= 11 is 10.5. The van der Waals surface area contributed by atoms with Crippen LogP contribution in [-0.4, -0.2) is 219 Å². The molecule has 0 saturated carbocycles. The lowest BCUT2D eigenvalue weighted by Crippen LogP contribution is -2.21. The molecule has 0 aromatic heterocycles. The predicted octanol–water partition coefficient (Wildman–Crippen LogP) is 20.9. The van der Waals surface area contributed by atoms with Crippen LogP contribution in [0.25, 0.3) is 0 Å². The van der Waals surface area contributed by atoms with E-state index in [1.807, 2.05) is 130 Å². The Bertz CT molecular complexity index is 2560. The summed E-state index contributed by atoms with van der Waals surface area (Å²) in [6, 6.07) is 0. The van der Waals surface area contributed by atoms with Gasteiger partial charge in [-0.3, -0.25) is 32.6 Å². The molecule has 1 heterocycles. The van der Waals surface area contributed by atoms with Gasteiger partial charge in [0.25, 0.3) is 5.97 Å². The van der Waals surface area contributed by atoms with Crippen molar-refractivity contribution in [2.75, 3.05) is 166 Å². The van der Waals surface area contributed by atoms with Crippen molar-refractivity contribution in [3.63, 3.8) is 0 Å². The number of aldehydes is 1. The number of allylic oxidation sites excluding steroid dienone is 22. The number of carbonyl (C=O) groups is 3. The molecule has 30 heteroatoms. The minimum absolute atomic E-state index is 0.116. The van der Waals surface area contributed by atoms with E-state index in [4.69, 9.17) is 93.8 Å². The summed E-state index contributed by atoms with van der Waals surface area (Å²) < 4.78 is 117. The molecule has 108 heavy (non-hydrogen) atoms. The van der Waals surface area contributed by atoms with Gasteiger partial charge in [-0.25, -0.2) is 0 Å². The van der Waals surface area contributed by atoms with Gasteiger partial charge in [0, 0.05) is 132 Å². The summed E-state index contributed by atoms with van der Waals surface area (Å²) in [6.07, 6.45) is 36.7. The Morgan fingerprint density at radius 2 is 0.750 bits per heavy atom. The summed E-state index contributed by atoms with van der Waals surface area (Å²) in [5, 5.41) is 15.9. The average Bonchev–Trinajstić information content (AvgIpc) is 0.952. The fraction of sp³-hybridized carbons (Fsp3) is 0.654. The molecule has 1 saturated heterocycles. The third-order valence-corrected chi connectivity index (χ3v) is 21.0. The van der Waals surface area contributed by atoms with Gasteiger partial charge >= 0.3 is 0 Å². The first-order valence-electron chi connectivity index (χ1n) is 35.6. The summed E-state index contributed by atoms with van der Waals surface area (Å²) in [4.78, 5) is 29.5. The molecule has 0 aromatic carbocycles. The van der Waals surface area contributed by atoms with Gasteiger partial charge in [0.15, 0.2) is 33.0 Å². The average molecular weight is 1680 g/mol. The highest BCUT2D eigenvalue weighted by molar-refractivity contribution is 7.59. The Morgan fingerprint density at radius 1 is 0.472 bits per heavy atom. The fourth-order valence-corrected chi connectivity index (χ4v) is 12.5. The van der Waals surface area contributed by atoms with Crippen LogP contribution in [0.5, 0.6) is 0 Å². The number of hydrogen-bond acceptors (Lipinski definition) is 22. The van der Waals surface area contributed by atoms with Crippen molar-refractivity contribution < 1.29 is 108 Å². The van der Waals surface area contributed by atoms with Crippen molar-refractivity contribution in [2.45, 2.75) is 163 Å². The van der Waals surface area contributed by atoms with E-state index >= 15 is 0 Å². The molecule has 636 valence electrons. The minimum Gasteiger partial charge on any atom is -0.501 e. The first-order chi connectivity index (χ1) is 50.5. The van der Waals surface area contributed by atoms with E-state index in [1.165, 1.54) is 32.3 Å². The van der Waals surface area contributed by atoms with E-state index in [1.54, 1.807) is 106 Å². The number of carboxylic acid groups (broad SMARTS) is 1. The van der Waals surface area contributed by atoms with Crippen LogP contribution in [-0.2, 0) is 97.7 Å². The molecule has 1 aliphatic rings. The van der Waals surface area contributed by atoms with Gasteiger partial charge in [-0.05, 0) is 131 Å². The second kappa shape index (κ2) is 84.8. The molecule has 1 rings (SSSR count). The van der Waals surface area contributed by atoms with E-state index in [-0.39, 0.29) is 18.4 Å². The van der Waals surface area contributed by atoms with Crippen LogP contribution in [0.4, 0.5) is 0 Å². The number of aliphatic hydroxyl groups excluding tert-OH is 1. The van der Waals surface area contributed by atoms with Crippen LogP contribution >= 0.6 is 61.1 Å². The molecule has 0 radical (unpaired) electrons. The standard InChI is InChI=1S/2C14H24O2.2C10H22O4P2.C10H14O2.C5H10O3.C5H13O2P.C4H6Cl2.C4H8O2.C2H4O2/c2*1-11(2)12(3)9-7-8-10-13(4)14(15-5)16-6;2*1-5-13-15(3,11)9-7-8-10-16(4,12)14-6-2;1-9(8-11)6-4-5-7-10(2)12-3;1-4(6)5(7-2)8-3;1-4-6-8(3)7-5-2;5-3-1-2-4-6;5-4-2-1-3-6-4;1-2(3)4/h2*7-11,14H,1-6H3;2*7-8H,5-6,9-10H2,1-4H3;4-8H,1-3H3;5H,1-3H3;4-5H2,1-3H3;1-2H,3-4H2;4-5H,1-3H2;1H3,(H,3,4)/b8-7+,12-9?,13-10?;8-7+,12-9+,13-10+;2*8-7+;5-4+,9-6+,10-7+;;;2-1+;;. The molecule has 0 amide bonds. The number of rotatable bonds is 41. The van der Waals surface area contributed by atoms with Crippen molar-refractivity contribution in [1.29, 1.82) is 0 Å². The minimum atomic E-state index is -2.51. The van der Waals surface area contributed by atoms with Crippen LogP contribution in [0.15, 0.2) is 143 Å². The SMILES string of the molecule is CC(=O)O.CCOP(C)(=O)C/C=C/CP(C)(=O)OCC.CCOP(C)(=O)C/C=C/CP(C)(=O)OCC.CCOP(C)OCC.CO/C(C)=C/C=C/C=C(\C)C=O.COC(OC)/C(C)=C/C=C/C=C(\C)C(C)C.COC(OC)C(C)=C/C=C/C=C(C)C(C)C.COC(OC)C(C)=O.ClC/C=C/CCl.OC1CCCO1. The van der Waals surface area contributed by atoms with Crippen LogP contribution < -0.4 is 0 Å². The smallest absolute Gasteiger partial charge is 0.300 e. The largest absolute Gasteiger partial charge is 0.501 e. The molecule has 1 aliphatic heterocycles. The second-order valence-electron chi connectivity index (χ2n) is 23.6. The van der Waals surface area contributed by atoms with Gasteiger partial charge in [-0.1, -0.05) is 142 Å². The van der Waals surface area contributed by atoms with Gasteiger partial charge < -0.3 is 75.3 Å². The third kappa shape index (κ3) is 98.9. The lowest BCUT2D eigenvalue weighted by atomic mass is 10.1. The summed E-state index contributed by atoms with van der Waals surface area (Å²) in [7, 11) is 0.408. The molecule has 0 bridgehead atoms. The van der Waals surface area contributed by atoms with Gasteiger partial charge in [0.05, 0.1) is 52.5 Å². The van der Waals surface area contributed by atoms with Crippen molar-refractivity contribution in [1.82, 2.24) is 0 Å². The number of Topliss-reactive ketones (excluding diaryl/α,β-unsaturated/α-hetero) is 1. The van der Waals surface area contributed by atoms with Crippen LogP contribution in [0.2, 0.25) is 0 Å². The zero-order chi connectivity index (χ0) is 85.6. The van der Waals surface area contributed by atoms with Gasteiger partial charge in [-0.15, -0.1) is 23.2 Å². The van der Waals surface area contributed by atoms with Gasteiger partial charge in [0.2, 0.25) is 35.8 Å². The highest BCUT2D eigenvalue weighted by atomic mass is 35.5. The maximum Gasteiger partial charge on any atom is 0.300 e. The topological polar surface area (TPSA) is 289 Å². The number of methoxy groups -OCH3 is 7. The molecular weight excluding hydrogens is 1530 g/mol. The van der Waals surface area contributed by atoms with E-state index in [9.17, 15) is 27.8 Å². The zero-order valence-electron chi connectivity index (χ0n) is 71.5. The monoisotopic (exact) mass is 1680 g/mol. The van der Waals surface area contributed by atoms with Crippen LogP contribution in [0.1, 0.15) is 137 Å². The van der Waals surface area contributed by atoms with Crippen molar-refractivity contribution in [2.24, 2.45) is 11.8 Å². The van der Waals surface area contributed by atoms with E-state index < -0.39 is 56.4 Å². The summed E-state index contributed by atoms with van der Waals surface area (Å²) in [5.74, 6) is 2.21. The number of aliphatic carboxylic acids is 1. The molecule has 1 fully saturated rings. The number of aliphatic hydroxyl groups is 1. The van der Waals surface area contributed by atoms with Crippen LogP contribution in [0.3, 0.4) is 0 Å². The number of carboxylic acids is 1. The molecule has 0 aliphatic carbocycles. The van der Waals surface area contributed by atoms with Crippen molar-refractivity contribution in [3.8, 4) is 0 Å². The predicted molar refractivity (Wildman–Crippen MR) is 456 cm³/mol. The second-order valence-corrected chi connectivity index (χ2v) is 36.2. The van der Waals surface area contributed by atoms with Gasteiger partial charge in [0.1, 0.15) is 6.29 Å². The number of ether oxygens (including phenoxy) is 8. The van der Waals surface area contributed by atoms with Crippen molar-refractivity contribution >= 4 is 79.1 Å². The van der Waals surface area contributed by atoms with E-state index in [0.717, 1.165) is 62.8 Å². The molecular formula is C78H147Cl2O23P5. The highest BCUT2D eigenvalue weighted by Crippen LogP contribution is 2.45. The molecule has 0 spiro atoms. The molecule has 2 N–H and O–H groups in total. The third-order valence-electron chi connectivity index (χ3n) is 12.7. The first-order valence-corrected chi connectivity index (χ1v) is 47.3. The normalized spacial score (nSPS) is 15.8. The molecule has 5 unspecified atom stereocenters. The molecule has 0 aromatic rings. The van der Waals surface area contributed by atoms with E-state index in [2.05, 4.69) is 63.2 Å². The quantitative estimate of drug-likeness (QED) is 0.00840. The first kappa shape index (κ1) is 123. The van der Waals surface area contributed by atoms with Crippen molar-refractivity contribution in [3.05, 3.63) is 143 Å². The Labute approximate surface area is 666 Å². The number of alkyl halides is 2. The molecule has 23 nitrogen and oxygen atoms in total. The number of carbonyl (C=O) groups excluding carboxylic acids is 2. The summed E-state index contributed by atoms with van der Waals surface area (Å²) in [6.45, 7) is 46.7.